The van der Waals surface area contributed by atoms with Crippen LogP contribution in [0, 0.1) is 0 Å². The van der Waals surface area contributed by atoms with Gasteiger partial charge in [0.15, 0.2) is 18.2 Å². The lowest BCUT2D eigenvalue weighted by atomic mass is 9.84. The molecule has 6 nitrogen and oxygen atoms in total. The third-order valence-corrected chi connectivity index (χ3v) is 7.21. The van der Waals surface area contributed by atoms with Crippen LogP contribution in [0.15, 0.2) is 48.5 Å². The highest BCUT2D eigenvalue weighted by Crippen LogP contribution is 2.30. The van der Waals surface area contributed by atoms with E-state index in [0.717, 1.165) is 25.7 Å². The third-order valence-electron chi connectivity index (χ3n) is 5.99. The summed E-state index contributed by atoms with van der Waals surface area (Å²) in [5.74, 6) is -1.51. The van der Waals surface area contributed by atoms with Gasteiger partial charge in [-0.1, -0.05) is 30.7 Å². The summed E-state index contributed by atoms with van der Waals surface area (Å²) in [6.07, 6.45) is 5.42. The molecule has 7 heteroatoms. The third kappa shape index (κ3) is 4.12. The lowest BCUT2D eigenvalue weighted by molar-refractivity contribution is -0.119. The van der Waals surface area contributed by atoms with E-state index in [2.05, 4.69) is 5.32 Å². The molecule has 0 aliphatic heterocycles. The molecule has 1 N–H and O–H groups in total. The summed E-state index contributed by atoms with van der Waals surface area (Å²) in [4.78, 5) is 52.1. The lowest BCUT2D eigenvalue weighted by Gasteiger charge is -2.18. The number of ketones is 2. The summed E-state index contributed by atoms with van der Waals surface area (Å²) in [7, 11) is 0. The number of ether oxygens (including phenoxy) is 1. The minimum absolute atomic E-state index is 0.221. The standard InChI is InChI=1S/C26H21NO5S/c28-23(14-32-26(31)22-12-15-6-2-1-3-9-21(15)33-22)27-16-10-11-19-20(13-16)25(30)18-8-5-4-7-17(18)24(19)29/h4-5,7-8,10-13H,1-3,6,9,14H2,(H,27,28). The highest BCUT2D eigenvalue weighted by atomic mass is 32.1. The number of esters is 1. The molecule has 0 unspecified atom stereocenters. The number of carbonyl (C=O) groups excluding carboxylic acids is 4. The molecule has 1 aromatic heterocycles. The van der Waals surface area contributed by atoms with Gasteiger partial charge in [-0.2, -0.15) is 0 Å². The van der Waals surface area contributed by atoms with Crippen molar-refractivity contribution in [2.45, 2.75) is 32.1 Å². The molecule has 2 aromatic carbocycles. The van der Waals surface area contributed by atoms with Crippen molar-refractivity contribution in [2.75, 3.05) is 11.9 Å². The van der Waals surface area contributed by atoms with Crippen molar-refractivity contribution < 1.29 is 23.9 Å². The second-order valence-electron chi connectivity index (χ2n) is 8.21. The molecule has 0 saturated carbocycles. The molecule has 5 rings (SSSR count). The van der Waals surface area contributed by atoms with Gasteiger partial charge in [0, 0.05) is 32.8 Å². The molecule has 33 heavy (non-hydrogen) atoms. The first kappa shape index (κ1) is 21.3. The minimum atomic E-state index is -0.517. The van der Waals surface area contributed by atoms with Crippen molar-refractivity contribution in [3.8, 4) is 0 Å². The first-order valence-corrected chi connectivity index (χ1v) is 11.7. The summed E-state index contributed by atoms with van der Waals surface area (Å²) in [5.41, 5.74) is 2.85. The second-order valence-corrected chi connectivity index (χ2v) is 9.34. The number of carbonyl (C=O) groups is 4. The van der Waals surface area contributed by atoms with E-state index in [9.17, 15) is 19.2 Å². The van der Waals surface area contributed by atoms with Crippen LogP contribution >= 0.6 is 11.3 Å². The molecule has 1 amide bonds. The number of thiophene rings is 1. The first-order valence-electron chi connectivity index (χ1n) is 10.9. The van der Waals surface area contributed by atoms with E-state index >= 15 is 0 Å². The molecular formula is C26H21NO5S. The average molecular weight is 460 g/mol. The Bertz CT molecular complexity index is 1280. The zero-order chi connectivity index (χ0) is 22.9. The van der Waals surface area contributed by atoms with Gasteiger partial charge < -0.3 is 10.1 Å². The maximum absolute atomic E-state index is 12.8. The van der Waals surface area contributed by atoms with E-state index in [1.807, 2.05) is 6.07 Å². The molecule has 3 aromatic rings. The predicted octanol–water partition coefficient (Wildman–Crippen LogP) is 4.59. The Labute approximate surface area is 194 Å². The highest BCUT2D eigenvalue weighted by Gasteiger charge is 2.29. The zero-order valence-electron chi connectivity index (χ0n) is 17.8. The molecule has 0 saturated heterocycles. The zero-order valence-corrected chi connectivity index (χ0v) is 18.6. The highest BCUT2D eigenvalue weighted by molar-refractivity contribution is 7.14. The number of benzene rings is 2. The molecule has 0 fully saturated rings. The van der Waals surface area contributed by atoms with Crippen molar-refractivity contribution in [2.24, 2.45) is 0 Å². The normalized spacial score (nSPS) is 14.5. The van der Waals surface area contributed by atoms with E-state index < -0.39 is 18.5 Å². The topological polar surface area (TPSA) is 89.5 Å². The number of rotatable bonds is 4. The van der Waals surface area contributed by atoms with E-state index in [-0.39, 0.29) is 17.1 Å². The Morgan fingerprint density at radius 1 is 0.848 bits per heavy atom. The van der Waals surface area contributed by atoms with E-state index in [0.29, 0.717) is 27.3 Å². The Morgan fingerprint density at radius 2 is 1.55 bits per heavy atom. The fourth-order valence-electron chi connectivity index (χ4n) is 4.34. The summed E-state index contributed by atoms with van der Waals surface area (Å²) in [6, 6.07) is 13.1. The predicted molar refractivity (Wildman–Crippen MR) is 124 cm³/mol. The number of anilines is 1. The van der Waals surface area contributed by atoms with E-state index in [1.54, 1.807) is 30.3 Å². The SMILES string of the molecule is O=C(COC(=O)c1cc2c(s1)CCCCC2)Nc1ccc2c(c1)C(=O)c1ccccc1C2=O. The van der Waals surface area contributed by atoms with Gasteiger partial charge in [-0.15, -0.1) is 11.3 Å². The van der Waals surface area contributed by atoms with Crippen LogP contribution in [-0.4, -0.2) is 30.0 Å². The monoisotopic (exact) mass is 459 g/mol. The van der Waals surface area contributed by atoms with Gasteiger partial charge in [0.1, 0.15) is 4.88 Å². The van der Waals surface area contributed by atoms with Crippen LogP contribution < -0.4 is 5.32 Å². The van der Waals surface area contributed by atoms with Crippen LogP contribution in [-0.2, 0) is 22.4 Å². The van der Waals surface area contributed by atoms with Gasteiger partial charge in [0.25, 0.3) is 5.91 Å². The smallest absolute Gasteiger partial charge is 0.348 e. The van der Waals surface area contributed by atoms with Crippen molar-refractivity contribution in [1.29, 1.82) is 0 Å². The van der Waals surface area contributed by atoms with Crippen LogP contribution in [0.4, 0.5) is 5.69 Å². The first-order chi connectivity index (χ1) is 16.0. The molecule has 166 valence electrons. The van der Waals surface area contributed by atoms with Crippen LogP contribution in [0.25, 0.3) is 0 Å². The quantitative estimate of drug-likeness (QED) is 0.356. The molecule has 0 radical (unpaired) electrons. The van der Waals surface area contributed by atoms with Crippen molar-refractivity contribution >= 4 is 40.5 Å². The van der Waals surface area contributed by atoms with Gasteiger partial charge in [0.2, 0.25) is 0 Å². The van der Waals surface area contributed by atoms with Crippen LogP contribution in [0.3, 0.4) is 0 Å². The Kier molecular flexibility index (Phi) is 5.64. The van der Waals surface area contributed by atoms with Gasteiger partial charge >= 0.3 is 5.97 Å². The maximum Gasteiger partial charge on any atom is 0.348 e. The van der Waals surface area contributed by atoms with Crippen LogP contribution in [0.5, 0.6) is 0 Å². The van der Waals surface area contributed by atoms with Crippen LogP contribution in [0.1, 0.15) is 71.2 Å². The lowest BCUT2D eigenvalue weighted by Crippen LogP contribution is -2.23. The molecule has 2 aliphatic rings. The Hall–Kier alpha value is -3.58. The molecule has 0 atom stereocenters. The fraction of sp³-hybridized carbons (Fsp3) is 0.231. The Balaban J connectivity index is 1.24. The maximum atomic E-state index is 12.8. The van der Waals surface area contributed by atoms with E-state index in [4.69, 9.17) is 4.74 Å². The summed E-state index contributed by atoms with van der Waals surface area (Å²) in [6.45, 7) is -0.436. The fourth-order valence-corrected chi connectivity index (χ4v) is 5.49. The summed E-state index contributed by atoms with van der Waals surface area (Å²) >= 11 is 1.45. The largest absolute Gasteiger partial charge is 0.451 e. The number of aryl methyl sites for hydroxylation is 2. The number of fused-ring (bicyclic) bond motifs is 3. The number of hydrogen-bond acceptors (Lipinski definition) is 6. The van der Waals surface area contributed by atoms with Crippen LogP contribution in [0.2, 0.25) is 0 Å². The molecule has 0 spiro atoms. The molecule has 1 heterocycles. The number of hydrogen-bond donors (Lipinski definition) is 1. The van der Waals surface area contributed by atoms with Crippen molar-refractivity contribution in [1.82, 2.24) is 0 Å². The summed E-state index contributed by atoms with van der Waals surface area (Å²) in [5, 5.41) is 2.64. The molecular weight excluding hydrogens is 438 g/mol. The number of nitrogens with one attached hydrogen (secondary N) is 1. The van der Waals surface area contributed by atoms with Gasteiger partial charge in [-0.3, -0.25) is 14.4 Å². The average Bonchev–Trinajstić information content (AvgIpc) is 3.11. The van der Waals surface area contributed by atoms with Gasteiger partial charge in [0.05, 0.1) is 0 Å². The molecule has 0 bridgehead atoms. The second kappa shape index (κ2) is 8.75. The molecule has 2 aliphatic carbocycles. The summed E-state index contributed by atoms with van der Waals surface area (Å²) < 4.78 is 5.21. The van der Waals surface area contributed by atoms with E-state index in [1.165, 1.54) is 40.3 Å². The van der Waals surface area contributed by atoms with Crippen molar-refractivity contribution in [3.63, 3.8) is 0 Å². The van der Waals surface area contributed by atoms with Crippen molar-refractivity contribution in [3.05, 3.63) is 86.1 Å². The van der Waals surface area contributed by atoms with Gasteiger partial charge in [-0.25, -0.2) is 4.79 Å². The Morgan fingerprint density at radius 3 is 2.33 bits per heavy atom. The van der Waals surface area contributed by atoms with Gasteiger partial charge in [-0.05, 0) is 55.5 Å². The minimum Gasteiger partial charge on any atom is -0.451 e. The number of amides is 1.